The zero-order valence-corrected chi connectivity index (χ0v) is 12.3. The molecule has 0 aliphatic carbocycles. The van der Waals surface area contributed by atoms with Gasteiger partial charge in [0.25, 0.3) is 0 Å². The third-order valence-corrected chi connectivity index (χ3v) is 4.12. The second kappa shape index (κ2) is 6.85. The van der Waals surface area contributed by atoms with Crippen LogP contribution in [0.2, 0.25) is 0 Å². The van der Waals surface area contributed by atoms with Crippen LogP contribution in [0.15, 0.2) is 35.3 Å². The van der Waals surface area contributed by atoms with Gasteiger partial charge in [0.05, 0.1) is 19.8 Å². The smallest absolute Gasteiger partial charge is 0.247 e. The minimum absolute atomic E-state index is 0.120. The second-order valence-electron chi connectivity index (χ2n) is 5.75. The summed E-state index contributed by atoms with van der Waals surface area (Å²) in [5.41, 5.74) is 2.36. The lowest BCUT2D eigenvalue weighted by Gasteiger charge is -2.29. The maximum absolute atomic E-state index is 12.3. The van der Waals surface area contributed by atoms with Crippen LogP contribution in [-0.4, -0.2) is 42.3 Å². The fraction of sp³-hybridized carbons (Fsp3) is 0.529. The van der Waals surface area contributed by atoms with Gasteiger partial charge in [-0.05, 0) is 24.8 Å². The fourth-order valence-corrected chi connectivity index (χ4v) is 2.95. The number of ether oxygens (including phenoxy) is 1. The molecule has 4 heteroatoms. The van der Waals surface area contributed by atoms with Crippen LogP contribution in [0.25, 0.3) is 0 Å². The van der Waals surface area contributed by atoms with E-state index >= 15 is 0 Å². The maximum atomic E-state index is 12.3. The van der Waals surface area contributed by atoms with Gasteiger partial charge in [0.2, 0.25) is 5.91 Å². The van der Waals surface area contributed by atoms with Crippen LogP contribution in [0.5, 0.6) is 0 Å². The normalized spacial score (nSPS) is 21.9. The van der Waals surface area contributed by atoms with Gasteiger partial charge in [0.1, 0.15) is 6.04 Å². The lowest BCUT2D eigenvalue weighted by molar-refractivity contribution is -0.133. The Bertz CT molecular complexity index is 513. The van der Waals surface area contributed by atoms with E-state index in [4.69, 9.17) is 4.74 Å². The Morgan fingerprint density at radius 3 is 2.95 bits per heavy atom. The summed E-state index contributed by atoms with van der Waals surface area (Å²) in [6.45, 7) is 2.55. The molecule has 1 atom stereocenters. The molecule has 0 saturated carbocycles. The van der Waals surface area contributed by atoms with Crippen LogP contribution in [0, 0.1) is 0 Å². The second-order valence-corrected chi connectivity index (χ2v) is 5.75. The molecule has 0 aromatic heterocycles. The molecule has 1 unspecified atom stereocenters. The Labute approximate surface area is 125 Å². The van der Waals surface area contributed by atoms with Crippen molar-refractivity contribution in [2.75, 3.05) is 19.7 Å². The highest BCUT2D eigenvalue weighted by atomic mass is 16.5. The van der Waals surface area contributed by atoms with Crippen LogP contribution in [0.4, 0.5) is 0 Å². The molecule has 4 nitrogen and oxygen atoms in total. The predicted octanol–water partition coefficient (Wildman–Crippen LogP) is 2.43. The van der Waals surface area contributed by atoms with Gasteiger partial charge in [-0.25, -0.2) is 0 Å². The van der Waals surface area contributed by atoms with E-state index in [0.717, 1.165) is 19.3 Å². The summed E-state index contributed by atoms with van der Waals surface area (Å²) < 4.78 is 5.69. The zero-order valence-electron chi connectivity index (χ0n) is 12.3. The Morgan fingerprint density at radius 1 is 1.24 bits per heavy atom. The monoisotopic (exact) mass is 286 g/mol. The van der Waals surface area contributed by atoms with Gasteiger partial charge < -0.3 is 9.64 Å². The van der Waals surface area contributed by atoms with Gasteiger partial charge in [-0.1, -0.05) is 36.8 Å². The van der Waals surface area contributed by atoms with E-state index in [-0.39, 0.29) is 11.9 Å². The highest BCUT2D eigenvalue weighted by Gasteiger charge is 2.30. The number of hydrogen-bond donors (Lipinski definition) is 0. The third-order valence-electron chi connectivity index (χ3n) is 4.12. The van der Waals surface area contributed by atoms with Gasteiger partial charge >= 0.3 is 0 Å². The lowest BCUT2D eigenvalue weighted by Crippen LogP contribution is -2.46. The fourth-order valence-electron chi connectivity index (χ4n) is 2.95. The van der Waals surface area contributed by atoms with E-state index in [1.807, 2.05) is 23.1 Å². The summed E-state index contributed by atoms with van der Waals surface area (Å²) in [6.07, 6.45) is 4.23. The van der Waals surface area contributed by atoms with Crippen molar-refractivity contribution in [1.29, 1.82) is 0 Å². The van der Waals surface area contributed by atoms with Gasteiger partial charge in [0.15, 0.2) is 0 Å². The number of aliphatic imine (C=N–C) groups is 1. The first-order valence-corrected chi connectivity index (χ1v) is 7.79. The number of amides is 1. The molecule has 2 heterocycles. The largest absolute Gasteiger partial charge is 0.375 e. The molecule has 1 aromatic carbocycles. The number of fused-ring (bicyclic) bond motifs is 1. The van der Waals surface area contributed by atoms with Gasteiger partial charge in [0, 0.05) is 12.3 Å². The summed E-state index contributed by atoms with van der Waals surface area (Å²) in [4.78, 5) is 18.8. The van der Waals surface area contributed by atoms with Crippen molar-refractivity contribution in [2.24, 2.45) is 4.99 Å². The molecule has 2 bridgehead atoms. The number of rotatable bonds is 5. The highest BCUT2D eigenvalue weighted by Crippen LogP contribution is 2.20. The summed E-state index contributed by atoms with van der Waals surface area (Å²) in [5.74, 6) is 0.184. The standard InChI is InChI=1S/C17H22N2O2/c20-17-16-9-5-4-8-15(18-16)12-19(17)10-11-21-13-14-6-2-1-3-7-14/h1-3,6-7,16H,4-5,8-13H2. The molecule has 0 spiro atoms. The Balaban J connectivity index is 1.47. The van der Waals surface area contributed by atoms with Crippen molar-refractivity contribution in [1.82, 2.24) is 4.90 Å². The van der Waals surface area contributed by atoms with E-state index in [0.29, 0.717) is 26.3 Å². The van der Waals surface area contributed by atoms with Crippen molar-refractivity contribution >= 4 is 11.6 Å². The Hall–Kier alpha value is -1.68. The summed E-state index contributed by atoms with van der Waals surface area (Å²) in [5, 5.41) is 0. The predicted molar refractivity (Wildman–Crippen MR) is 82.4 cm³/mol. The van der Waals surface area contributed by atoms with Gasteiger partial charge in [-0.2, -0.15) is 0 Å². The Kier molecular flexibility index (Phi) is 4.65. The van der Waals surface area contributed by atoms with Gasteiger partial charge in [-0.15, -0.1) is 0 Å². The van der Waals surface area contributed by atoms with Crippen LogP contribution in [0.3, 0.4) is 0 Å². The Morgan fingerprint density at radius 2 is 2.10 bits per heavy atom. The first-order valence-electron chi connectivity index (χ1n) is 7.79. The molecule has 2 aliphatic rings. The van der Waals surface area contributed by atoms with Crippen molar-refractivity contribution in [3.05, 3.63) is 35.9 Å². The van der Waals surface area contributed by atoms with Crippen molar-refractivity contribution < 1.29 is 9.53 Å². The maximum Gasteiger partial charge on any atom is 0.247 e. The number of benzene rings is 1. The molecule has 0 saturated heterocycles. The number of nitrogens with zero attached hydrogens (tertiary/aromatic N) is 2. The van der Waals surface area contributed by atoms with E-state index in [9.17, 15) is 4.79 Å². The lowest BCUT2D eigenvalue weighted by atomic mass is 10.1. The SMILES string of the molecule is O=C1C2CCCCC(=N2)CN1CCOCc1ccccc1. The molecule has 2 aliphatic heterocycles. The number of carbonyl (C=O) groups is 1. The molecule has 3 rings (SSSR count). The molecule has 1 aromatic rings. The molecular weight excluding hydrogens is 264 g/mol. The van der Waals surface area contributed by atoms with E-state index in [2.05, 4.69) is 17.1 Å². The molecule has 0 fully saturated rings. The first-order chi connectivity index (χ1) is 10.3. The van der Waals surface area contributed by atoms with Crippen molar-refractivity contribution in [2.45, 2.75) is 38.3 Å². The van der Waals surface area contributed by atoms with Crippen molar-refractivity contribution in [3.63, 3.8) is 0 Å². The average Bonchev–Trinajstić information content (AvgIpc) is 2.72. The van der Waals surface area contributed by atoms with E-state index in [1.54, 1.807) is 0 Å². The van der Waals surface area contributed by atoms with Crippen LogP contribution >= 0.6 is 0 Å². The van der Waals surface area contributed by atoms with Crippen LogP contribution in [-0.2, 0) is 16.1 Å². The summed E-state index contributed by atoms with van der Waals surface area (Å²) in [6, 6.07) is 10.00. The highest BCUT2D eigenvalue weighted by molar-refractivity contribution is 5.97. The molecule has 21 heavy (non-hydrogen) atoms. The average molecular weight is 286 g/mol. The molecular formula is C17H22N2O2. The summed E-state index contributed by atoms with van der Waals surface area (Å²) in [7, 11) is 0. The van der Waals surface area contributed by atoms with E-state index < -0.39 is 0 Å². The van der Waals surface area contributed by atoms with Gasteiger partial charge in [-0.3, -0.25) is 9.79 Å². The minimum atomic E-state index is -0.120. The first kappa shape index (κ1) is 14.3. The number of hydrogen-bond acceptors (Lipinski definition) is 3. The molecule has 1 amide bonds. The van der Waals surface area contributed by atoms with E-state index in [1.165, 1.54) is 17.7 Å². The topological polar surface area (TPSA) is 41.9 Å². The minimum Gasteiger partial charge on any atom is -0.375 e. The molecule has 0 radical (unpaired) electrons. The third kappa shape index (κ3) is 3.70. The van der Waals surface area contributed by atoms with Crippen molar-refractivity contribution in [3.8, 4) is 0 Å². The molecule has 112 valence electrons. The quantitative estimate of drug-likeness (QED) is 0.780. The summed E-state index contributed by atoms with van der Waals surface area (Å²) >= 11 is 0. The molecule has 0 N–H and O–H groups in total. The zero-order chi connectivity index (χ0) is 14.5. The van der Waals surface area contributed by atoms with Crippen LogP contribution in [0.1, 0.15) is 31.2 Å². The van der Waals surface area contributed by atoms with Crippen LogP contribution < -0.4 is 0 Å². The number of carbonyl (C=O) groups excluding carboxylic acids is 1.